The molecule has 1 aromatic carbocycles. The fourth-order valence-corrected chi connectivity index (χ4v) is 1.64. The zero-order chi connectivity index (χ0) is 14.1. The zero-order valence-corrected chi connectivity index (χ0v) is 11.7. The summed E-state index contributed by atoms with van der Waals surface area (Å²) in [5.74, 6) is 0.772. The highest BCUT2D eigenvalue weighted by molar-refractivity contribution is 5.59. The van der Waals surface area contributed by atoms with E-state index >= 15 is 0 Å². The van der Waals surface area contributed by atoms with Gasteiger partial charge in [0, 0.05) is 36.7 Å². The number of nitrogens with one attached hydrogen (secondary N) is 1. The molecule has 0 aliphatic carbocycles. The van der Waals surface area contributed by atoms with E-state index in [0.29, 0.717) is 18.9 Å². The predicted octanol–water partition coefficient (Wildman–Crippen LogP) is 1.87. The minimum atomic E-state index is 0.0680. The predicted molar refractivity (Wildman–Crippen MR) is 77.6 cm³/mol. The van der Waals surface area contributed by atoms with Crippen molar-refractivity contribution in [1.29, 1.82) is 0 Å². The molecule has 5 nitrogen and oxygen atoms in total. The summed E-state index contributed by atoms with van der Waals surface area (Å²) in [6.07, 6.45) is 0.997. The van der Waals surface area contributed by atoms with Crippen LogP contribution in [-0.4, -0.2) is 37.6 Å². The van der Waals surface area contributed by atoms with E-state index in [1.54, 1.807) is 0 Å². The average molecular weight is 268 g/mol. The van der Waals surface area contributed by atoms with E-state index in [-0.39, 0.29) is 12.7 Å². The second-order valence-electron chi connectivity index (χ2n) is 4.57. The molecule has 0 fully saturated rings. The summed E-state index contributed by atoms with van der Waals surface area (Å²) in [6.45, 7) is 5.84. The Bertz CT molecular complexity index is 370. The first kappa shape index (κ1) is 15.6. The van der Waals surface area contributed by atoms with Crippen LogP contribution in [-0.2, 0) is 4.74 Å². The minimum absolute atomic E-state index is 0.0680. The first-order valence-electron chi connectivity index (χ1n) is 6.61. The molecule has 1 aromatic rings. The topological polar surface area (TPSA) is 76.7 Å². The van der Waals surface area contributed by atoms with Crippen LogP contribution in [0.15, 0.2) is 18.2 Å². The monoisotopic (exact) mass is 268 g/mol. The Morgan fingerprint density at radius 3 is 2.74 bits per heavy atom. The van der Waals surface area contributed by atoms with Gasteiger partial charge in [-0.25, -0.2) is 0 Å². The van der Waals surface area contributed by atoms with E-state index in [4.69, 9.17) is 20.3 Å². The Labute approximate surface area is 114 Å². The maximum Gasteiger partial charge on any atom is 0.123 e. The summed E-state index contributed by atoms with van der Waals surface area (Å²) < 4.78 is 10.8. The first-order valence-corrected chi connectivity index (χ1v) is 6.61. The third kappa shape index (κ3) is 6.88. The number of rotatable bonds is 9. The lowest BCUT2D eigenvalue weighted by molar-refractivity contribution is 0.0922. The van der Waals surface area contributed by atoms with E-state index in [0.717, 1.165) is 24.4 Å². The van der Waals surface area contributed by atoms with Crippen LogP contribution in [0.3, 0.4) is 0 Å². The SMILES string of the molecule is CC(C)Oc1cc(N)cc(NCCCOCCO)c1. The Kier molecular flexibility index (Phi) is 7.07. The van der Waals surface area contributed by atoms with E-state index < -0.39 is 0 Å². The summed E-state index contributed by atoms with van der Waals surface area (Å²) in [5, 5.41) is 11.8. The zero-order valence-electron chi connectivity index (χ0n) is 11.7. The van der Waals surface area contributed by atoms with Gasteiger partial charge in [0.25, 0.3) is 0 Å². The Morgan fingerprint density at radius 2 is 2.05 bits per heavy atom. The molecule has 0 amide bonds. The van der Waals surface area contributed by atoms with Crippen molar-refractivity contribution >= 4 is 11.4 Å². The Morgan fingerprint density at radius 1 is 1.26 bits per heavy atom. The third-order valence-corrected chi connectivity index (χ3v) is 2.33. The molecule has 0 saturated carbocycles. The molecular weight excluding hydrogens is 244 g/mol. The van der Waals surface area contributed by atoms with Gasteiger partial charge < -0.3 is 25.6 Å². The highest BCUT2D eigenvalue weighted by Gasteiger charge is 2.02. The number of nitrogen functional groups attached to an aromatic ring is 1. The van der Waals surface area contributed by atoms with Gasteiger partial charge in [0.2, 0.25) is 0 Å². The molecule has 108 valence electrons. The number of benzene rings is 1. The van der Waals surface area contributed by atoms with Gasteiger partial charge in [-0.15, -0.1) is 0 Å². The molecule has 4 N–H and O–H groups in total. The Balaban J connectivity index is 2.38. The van der Waals surface area contributed by atoms with Crippen LogP contribution in [0.4, 0.5) is 11.4 Å². The molecule has 0 spiro atoms. The van der Waals surface area contributed by atoms with Crippen LogP contribution in [0.1, 0.15) is 20.3 Å². The number of aliphatic hydroxyl groups excluding tert-OH is 1. The molecule has 0 bridgehead atoms. The van der Waals surface area contributed by atoms with Crippen molar-refractivity contribution in [3.63, 3.8) is 0 Å². The van der Waals surface area contributed by atoms with Crippen molar-refractivity contribution in [1.82, 2.24) is 0 Å². The first-order chi connectivity index (χ1) is 9.11. The van der Waals surface area contributed by atoms with Crippen molar-refractivity contribution in [2.24, 2.45) is 0 Å². The van der Waals surface area contributed by atoms with E-state index in [1.165, 1.54) is 0 Å². The number of hydrogen-bond donors (Lipinski definition) is 3. The number of ether oxygens (including phenoxy) is 2. The smallest absolute Gasteiger partial charge is 0.123 e. The van der Waals surface area contributed by atoms with Crippen LogP contribution >= 0.6 is 0 Å². The molecule has 0 atom stereocenters. The standard InChI is InChI=1S/C14H24N2O3/c1-11(2)19-14-9-12(15)8-13(10-14)16-4-3-6-18-7-5-17/h8-11,16-17H,3-7,15H2,1-2H3. The van der Waals surface area contributed by atoms with Crippen LogP contribution in [0.5, 0.6) is 5.75 Å². The molecule has 1 rings (SSSR count). The molecule has 0 radical (unpaired) electrons. The van der Waals surface area contributed by atoms with E-state index in [1.807, 2.05) is 32.0 Å². The number of hydrogen-bond acceptors (Lipinski definition) is 5. The summed E-state index contributed by atoms with van der Waals surface area (Å²) in [7, 11) is 0. The van der Waals surface area contributed by atoms with Crippen molar-refractivity contribution in [3.8, 4) is 5.75 Å². The Hall–Kier alpha value is -1.46. The van der Waals surface area contributed by atoms with Crippen molar-refractivity contribution in [2.45, 2.75) is 26.4 Å². The highest BCUT2D eigenvalue weighted by atomic mass is 16.5. The van der Waals surface area contributed by atoms with Crippen molar-refractivity contribution in [3.05, 3.63) is 18.2 Å². The van der Waals surface area contributed by atoms with E-state index in [9.17, 15) is 0 Å². The fraction of sp³-hybridized carbons (Fsp3) is 0.571. The second-order valence-corrected chi connectivity index (χ2v) is 4.57. The van der Waals surface area contributed by atoms with Gasteiger partial charge in [-0.05, 0) is 26.3 Å². The lowest BCUT2D eigenvalue weighted by Crippen LogP contribution is -2.09. The lowest BCUT2D eigenvalue weighted by Gasteiger charge is -2.13. The van der Waals surface area contributed by atoms with Crippen LogP contribution in [0, 0.1) is 0 Å². The van der Waals surface area contributed by atoms with Crippen LogP contribution < -0.4 is 15.8 Å². The van der Waals surface area contributed by atoms with E-state index in [2.05, 4.69) is 5.32 Å². The maximum atomic E-state index is 8.57. The van der Waals surface area contributed by atoms with Gasteiger partial charge in [0.15, 0.2) is 0 Å². The molecule has 0 aliphatic heterocycles. The van der Waals surface area contributed by atoms with Gasteiger partial charge in [-0.2, -0.15) is 0 Å². The molecule has 0 unspecified atom stereocenters. The fourth-order valence-electron chi connectivity index (χ4n) is 1.64. The molecule has 0 aromatic heterocycles. The lowest BCUT2D eigenvalue weighted by atomic mass is 10.2. The van der Waals surface area contributed by atoms with Gasteiger partial charge in [-0.1, -0.05) is 0 Å². The number of nitrogens with two attached hydrogens (primary N) is 1. The van der Waals surface area contributed by atoms with Gasteiger partial charge in [0.1, 0.15) is 5.75 Å². The van der Waals surface area contributed by atoms with Crippen LogP contribution in [0.2, 0.25) is 0 Å². The minimum Gasteiger partial charge on any atom is -0.491 e. The summed E-state index contributed by atoms with van der Waals surface area (Å²) in [6, 6.07) is 5.63. The quantitative estimate of drug-likeness (QED) is 0.471. The summed E-state index contributed by atoms with van der Waals surface area (Å²) >= 11 is 0. The molecule has 5 heteroatoms. The molecule has 0 heterocycles. The molecule has 19 heavy (non-hydrogen) atoms. The molecule has 0 aliphatic rings. The normalized spacial score (nSPS) is 10.7. The summed E-state index contributed by atoms with van der Waals surface area (Å²) in [5.41, 5.74) is 7.45. The van der Waals surface area contributed by atoms with Gasteiger partial charge in [0.05, 0.1) is 19.3 Å². The van der Waals surface area contributed by atoms with Gasteiger partial charge >= 0.3 is 0 Å². The number of anilines is 2. The second kappa shape index (κ2) is 8.61. The van der Waals surface area contributed by atoms with Crippen LogP contribution in [0.25, 0.3) is 0 Å². The number of aliphatic hydroxyl groups is 1. The van der Waals surface area contributed by atoms with Crippen molar-refractivity contribution in [2.75, 3.05) is 37.4 Å². The van der Waals surface area contributed by atoms with Gasteiger partial charge in [-0.3, -0.25) is 0 Å². The summed E-state index contributed by atoms with van der Waals surface area (Å²) in [4.78, 5) is 0. The van der Waals surface area contributed by atoms with Crippen molar-refractivity contribution < 1.29 is 14.6 Å². The third-order valence-electron chi connectivity index (χ3n) is 2.33. The highest BCUT2D eigenvalue weighted by Crippen LogP contribution is 2.23. The molecular formula is C14H24N2O3. The maximum absolute atomic E-state index is 8.57. The largest absolute Gasteiger partial charge is 0.491 e. The molecule has 0 saturated heterocycles. The average Bonchev–Trinajstić information content (AvgIpc) is 2.32.